The van der Waals surface area contributed by atoms with Crippen molar-refractivity contribution in [1.82, 2.24) is 4.90 Å². The van der Waals surface area contributed by atoms with Crippen molar-refractivity contribution < 1.29 is 14.4 Å². The summed E-state index contributed by atoms with van der Waals surface area (Å²) >= 11 is 14.8. The molecule has 7 rings (SSSR count). The number of halogens is 2. The lowest BCUT2D eigenvalue weighted by Crippen LogP contribution is -2.57. The molecule has 2 bridgehead atoms. The largest absolute Gasteiger partial charge is 0.324 e. The molecule has 7 heteroatoms. The highest BCUT2D eigenvalue weighted by atomic mass is 35.5. The van der Waals surface area contributed by atoms with Crippen LogP contribution in [0.4, 0.5) is 5.69 Å². The summed E-state index contributed by atoms with van der Waals surface area (Å²) in [4.78, 5) is 39.6. The molecule has 1 saturated heterocycles. The highest BCUT2D eigenvalue weighted by Gasteiger charge is 2.73. The predicted octanol–water partition coefficient (Wildman–Crippen LogP) is 4.92. The van der Waals surface area contributed by atoms with Crippen LogP contribution in [0.3, 0.4) is 0 Å². The number of nitrogens with one attached hydrogen (secondary N) is 1. The highest BCUT2D eigenvalue weighted by Crippen LogP contribution is 2.69. The van der Waals surface area contributed by atoms with Gasteiger partial charge in [0.2, 0.25) is 17.7 Å². The average molecular weight is 505 g/mol. The molecule has 5 nitrogen and oxygen atoms in total. The summed E-state index contributed by atoms with van der Waals surface area (Å²) in [5, 5.41) is 2.85. The van der Waals surface area contributed by atoms with E-state index >= 15 is 0 Å². The Morgan fingerprint density at radius 1 is 0.800 bits per heavy atom. The van der Waals surface area contributed by atoms with Crippen molar-refractivity contribution in [3.63, 3.8) is 0 Å². The summed E-state index contributed by atoms with van der Waals surface area (Å²) in [5.74, 6) is -3.25. The number of aryl methyl sites for hydroxylation is 1. The predicted molar refractivity (Wildman–Crippen MR) is 134 cm³/mol. The fraction of sp³-hybridized carbons (Fsp3) is 0.250. The fourth-order valence-corrected chi connectivity index (χ4v) is 7.24. The van der Waals surface area contributed by atoms with Gasteiger partial charge in [-0.2, -0.15) is 0 Å². The van der Waals surface area contributed by atoms with Crippen LogP contribution in [-0.4, -0.2) is 28.7 Å². The molecule has 0 radical (unpaired) electrons. The Balaban J connectivity index is 1.46. The quantitative estimate of drug-likeness (QED) is 0.406. The second-order valence-corrected chi connectivity index (χ2v) is 10.7. The number of benzene rings is 3. The van der Waals surface area contributed by atoms with E-state index in [1.807, 2.05) is 73.7 Å². The highest BCUT2D eigenvalue weighted by molar-refractivity contribution is 6.36. The number of para-hydroxylation sites is 1. The van der Waals surface area contributed by atoms with Crippen LogP contribution in [0.25, 0.3) is 0 Å². The maximum absolute atomic E-state index is 14.0. The van der Waals surface area contributed by atoms with Crippen LogP contribution in [0.15, 0.2) is 72.8 Å². The van der Waals surface area contributed by atoms with Crippen molar-refractivity contribution in [2.75, 3.05) is 5.32 Å². The van der Waals surface area contributed by atoms with E-state index < -0.39 is 45.3 Å². The molecule has 3 aliphatic carbocycles. The zero-order chi connectivity index (χ0) is 24.7. The first-order chi connectivity index (χ1) is 16.7. The van der Waals surface area contributed by atoms with E-state index in [0.29, 0.717) is 5.69 Å². The Morgan fingerprint density at radius 3 is 1.63 bits per heavy atom. The third kappa shape index (κ3) is 2.68. The van der Waals surface area contributed by atoms with Gasteiger partial charge >= 0.3 is 0 Å². The number of rotatable bonds is 3. The van der Waals surface area contributed by atoms with Gasteiger partial charge in [0.1, 0.15) is 15.8 Å². The number of hydrogen-bond acceptors (Lipinski definition) is 3. The minimum atomic E-state index is -1.26. The Kier molecular flexibility index (Phi) is 4.73. The van der Waals surface area contributed by atoms with Crippen molar-refractivity contribution >= 4 is 46.6 Å². The van der Waals surface area contributed by atoms with E-state index in [1.165, 1.54) is 0 Å². The number of carbonyl (C=O) groups is 3. The molecule has 1 aliphatic heterocycles. The monoisotopic (exact) mass is 504 g/mol. The number of alkyl halides is 2. The van der Waals surface area contributed by atoms with Crippen LogP contribution in [0, 0.1) is 18.8 Å². The van der Waals surface area contributed by atoms with Crippen molar-refractivity contribution in [1.29, 1.82) is 0 Å². The molecule has 1 fully saturated rings. The molecule has 1 N–H and O–H groups in total. The normalized spacial score (nSPS) is 28.9. The van der Waals surface area contributed by atoms with E-state index in [9.17, 15) is 14.4 Å². The molecule has 3 amide bonds. The van der Waals surface area contributed by atoms with E-state index in [4.69, 9.17) is 23.2 Å². The maximum Gasteiger partial charge on any atom is 0.247 e. The third-order valence-corrected chi connectivity index (χ3v) is 9.07. The standard InChI is InChI=1S/C28H22Cl2N2O3/c1-15-9-3-8-14-21(15)31-24(33)16(2)32-25(34)22-23(26(32)35)28(30)18-11-5-4-10-17(18)27(22,29)19-12-6-7-13-20(19)28/h3-14,16,22-23H,1-2H3,(H,31,33)/t16-,22+,23+,27?,28?/m0/s1. The lowest BCUT2D eigenvalue weighted by atomic mass is 9.54. The summed E-state index contributed by atoms with van der Waals surface area (Å²) in [5.41, 5.74) is 4.44. The molecule has 3 aromatic rings. The lowest BCUT2D eigenvalue weighted by Gasteiger charge is -2.54. The Labute approximate surface area is 213 Å². The molecule has 0 unspecified atom stereocenters. The molecule has 35 heavy (non-hydrogen) atoms. The van der Waals surface area contributed by atoms with Crippen LogP contribution < -0.4 is 5.32 Å². The molecule has 4 aliphatic rings. The number of amides is 3. The van der Waals surface area contributed by atoms with Crippen molar-refractivity contribution in [2.45, 2.75) is 29.6 Å². The summed E-state index contributed by atoms with van der Waals surface area (Å²) in [7, 11) is 0. The Bertz CT molecular complexity index is 1310. The SMILES string of the molecule is Cc1ccccc1NC(=O)[C@H](C)N1C(=O)[C@H]2[C@H](C1=O)C1(Cl)c3ccccc3C2(Cl)c2ccccc21. The van der Waals surface area contributed by atoms with Crippen molar-refractivity contribution in [3.8, 4) is 0 Å². The van der Waals surface area contributed by atoms with Gasteiger partial charge in [0.15, 0.2) is 0 Å². The average Bonchev–Trinajstić information content (AvgIpc) is 3.14. The molecular formula is C28H22Cl2N2O3. The third-order valence-electron chi connectivity index (χ3n) is 7.79. The van der Waals surface area contributed by atoms with Gasteiger partial charge in [-0.25, -0.2) is 0 Å². The van der Waals surface area contributed by atoms with Gasteiger partial charge in [-0.3, -0.25) is 19.3 Å². The first-order valence-electron chi connectivity index (χ1n) is 11.5. The van der Waals surface area contributed by atoms with Gasteiger partial charge in [-0.05, 0) is 47.7 Å². The van der Waals surface area contributed by atoms with Crippen LogP contribution in [0.5, 0.6) is 0 Å². The van der Waals surface area contributed by atoms with Crippen LogP contribution >= 0.6 is 23.2 Å². The topological polar surface area (TPSA) is 66.5 Å². The molecule has 0 saturated carbocycles. The van der Waals surface area contributed by atoms with Crippen LogP contribution in [0.1, 0.15) is 34.7 Å². The van der Waals surface area contributed by atoms with E-state index in [-0.39, 0.29) is 0 Å². The molecule has 0 aromatic heterocycles. The molecule has 176 valence electrons. The molecule has 0 spiro atoms. The van der Waals surface area contributed by atoms with Crippen molar-refractivity contribution in [2.24, 2.45) is 11.8 Å². The minimum Gasteiger partial charge on any atom is -0.324 e. The summed E-state index contributed by atoms with van der Waals surface area (Å²) < 4.78 is 0. The molecule has 3 aromatic carbocycles. The first kappa shape index (κ1) is 22.3. The minimum absolute atomic E-state index is 0.450. The Morgan fingerprint density at radius 2 is 1.20 bits per heavy atom. The first-order valence-corrected chi connectivity index (χ1v) is 12.3. The number of imide groups is 1. The molecule has 3 atom stereocenters. The second kappa shape index (κ2) is 7.42. The number of nitrogens with zero attached hydrogens (tertiary/aromatic N) is 1. The Hall–Kier alpha value is -3.15. The van der Waals surface area contributed by atoms with E-state index in [0.717, 1.165) is 32.7 Å². The fourth-order valence-electron chi connectivity index (χ4n) is 6.14. The van der Waals surface area contributed by atoms with E-state index in [2.05, 4.69) is 5.32 Å². The number of likely N-dealkylation sites (tertiary alicyclic amines) is 1. The number of carbonyl (C=O) groups excluding carboxylic acids is 3. The van der Waals surface area contributed by atoms with Crippen LogP contribution in [-0.2, 0) is 24.1 Å². The lowest BCUT2D eigenvalue weighted by molar-refractivity contribution is -0.146. The van der Waals surface area contributed by atoms with Gasteiger partial charge in [0.25, 0.3) is 0 Å². The smallest absolute Gasteiger partial charge is 0.247 e. The molecular weight excluding hydrogens is 483 g/mol. The zero-order valence-corrected chi connectivity index (χ0v) is 20.6. The summed E-state index contributed by atoms with van der Waals surface area (Å²) in [6.07, 6.45) is 0. The molecule has 1 heterocycles. The van der Waals surface area contributed by atoms with Crippen molar-refractivity contribution in [3.05, 3.63) is 101 Å². The van der Waals surface area contributed by atoms with Gasteiger partial charge in [-0.15, -0.1) is 23.2 Å². The number of hydrogen-bond donors (Lipinski definition) is 1. The van der Waals surface area contributed by atoms with Gasteiger partial charge in [0.05, 0.1) is 11.8 Å². The van der Waals surface area contributed by atoms with Gasteiger partial charge < -0.3 is 5.32 Å². The zero-order valence-electron chi connectivity index (χ0n) is 19.1. The van der Waals surface area contributed by atoms with Crippen LogP contribution in [0.2, 0.25) is 0 Å². The summed E-state index contributed by atoms with van der Waals surface area (Å²) in [6.45, 7) is 3.44. The number of anilines is 1. The second-order valence-electron chi connectivity index (χ2n) is 9.50. The summed E-state index contributed by atoms with van der Waals surface area (Å²) in [6, 6.07) is 21.2. The van der Waals surface area contributed by atoms with Gasteiger partial charge in [0, 0.05) is 5.69 Å². The van der Waals surface area contributed by atoms with E-state index in [1.54, 1.807) is 13.0 Å². The van der Waals surface area contributed by atoms with Gasteiger partial charge in [-0.1, -0.05) is 66.7 Å². The maximum atomic E-state index is 14.0.